The second-order valence-electron chi connectivity index (χ2n) is 7.02. The van der Waals surface area contributed by atoms with E-state index in [1.165, 1.54) is 42.4 Å². The van der Waals surface area contributed by atoms with E-state index in [1.54, 1.807) is 0 Å². The highest BCUT2D eigenvalue weighted by Gasteiger charge is 2.40. The van der Waals surface area contributed by atoms with Crippen LogP contribution in [0.3, 0.4) is 0 Å². The summed E-state index contributed by atoms with van der Waals surface area (Å²) in [6.07, 6.45) is 6.42. The van der Waals surface area contributed by atoms with Gasteiger partial charge in [-0.25, -0.2) is 0 Å². The monoisotopic (exact) mass is 272 g/mol. The molecule has 2 bridgehead atoms. The molecule has 2 N–H and O–H groups in total. The molecular weight excluding hydrogens is 244 g/mol. The van der Waals surface area contributed by atoms with Gasteiger partial charge in [-0.1, -0.05) is 18.2 Å². The van der Waals surface area contributed by atoms with E-state index in [0.29, 0.717) is 12.0 Å². The predicted molar refractivity (Wildman–Crippen MR) is 84.9 cm³/mol. The lowest BCUT2D eigenvalue weighted by Gasteiger charge is -2.39. The molecular formula is C18H28N2. The lowest BCUT2D eigenvalue weighted by molar-refractivity contribution is 0.120. The summed E-state index contributed by atoms with van der Waals surface area (Å²) < 4.78 is 0. The van der Waals surface area contributed by atoms with E-state index in [-0.39, 0.29) is 0 Å². The van der Waals surface area contributed by atoms with Gasteiger partial charge >= 0.3 is 0 Å². The number of hydrogen-bond donors (Lipinski definition) is 1. The average molecular weight is 272 g/mol. The van der Waals surface area contributed by atoms with E-state index >= 15 is 0 Å². The molecule has 0 saturated carbocycles. The minimum Gasteiger partial charge on any atom is -0.327 e. The summed E-state index contributed by atoms with van der Waals surface area (Å²) in [7, 11) is 2.30. The quantitative estimate of drug-likeness (QED) is 0.916. The highest BCUT2D eigenvalue weighted by atomic mass is 15.2. The Morgan fingerprint density at radius 1 is 1.15 bits per heavy atom. The van der Waals surface area contributed by atoms with Gasteiger partial charge in [-0.15, -0.1) is 0 Å². The fraction of sp³-hybridized carbons (Fsp3) is 0.667. The molecule has 0 spiro atoms. The summed E-state index contributed by atoms with van der Waals surface area (Å²) in [4.78, 5) is 2.60. The van der Waals surface area contributed by atoms with E-state index < -0.39 is 0 Å². The molecule has 2 fully saturated rings. The maximum atomic E-state index is 6.60. The van der Waals surface area contributed by atoms with Gasteiger partial charge < -0.3 is 10.6 Å². The molecule has 2 nitrogen and oxygen atoms in total. The van der Waals surface area contributed by atoms with Gasteiger partial charge in [0.25, 0.3) is 0 Å². The van der Waals surface area contributed by atoms with Crippen molar-refractivity contribution in [3.63, 3.8) is 0 Å². The van der Waals surface area contributed by atoms with Crippen LogP contribution < -0.4 is 5.73 Å². The maximum absolute atomic E-state index is 6.60. The summed E-state index contributed by atoms with van der Waals surface area (Å²) in [5, 5.41) is 0. The van der Waals surface area contributed by atoms with Gasteiger partial charge in [0.1, 0.15) is 0 Å². The van der Waals surface area contributed by atoms with Crippen LogP contribution in [0.4, 0.5) is 0 Å². The Morgan fingerprint density at radius 3 is 2.25 bits per heavy atom. The molecule has 2 aliphatic heterocycles. The third-order valence-corrected chi connectivity index (χ3v) is 5.82. The first-order valence-corrected chi connectivity index (χ1v) is 8.09. The van der Waals surface area contributed by atoms with Crippen LogP contribution in [0.25, 0.3) is 0 Å². The van der Waals surface area contributed by atoms with Crippen LogP contribution in [0.2, 0.25) is 0 Å². The number of nitrogens with zero attached hydrogens (tertiary/aromatic N) is 1. The SMILES string of the molecule is Cc1cccc(C)c1CC(N)C1CC2CCC(C1)N2C. The van der Waals surface area contributed by atoms with Crippen molar-refractivity contribution in [1.29, 1.82) is 0 Å². The van der Waals surface area contributed by atoms with Crippen molar-refractivity contribution in [1.82, 2.24) is 4.90 Å². The van der Waals surface area contributed by atoms with E-state index in [2.05, 4.69) is 44.0 Å². The topological polar surface area (TPSA) is 29.3 Å². The first kappa shape index (κ1) is 14.1. The van der Waals surface area contributed by atoms with Crippen LogP contribution >= 0.6 is 0 Å². The zero-order valence-electron chi connectivity index (χ0n) is 13.1. The van der Waals surface area contributed by atoms with E-state index in [9.17, 15) is 0 Å². The first-order valence-electron chi connectivity index (χ1n) is 8.09. The van der Waals surface area contributed by atoms with Gasteiger partial charge in [0, 0.05) is 18.1 Å². The van der Waals surface area contributed by atoms with Gasteiger partial charge in [-0.3, -0.25) is 0 Å². The third kappa shape index (κ3) is 2.51. The van der Waals surface area contributed by atoms with Crippen molar-refractivity contribution in [2.75, 3.05) is 7.05 Å². The first-order chi connectivity index (χ1) is 9.56. The van der Waals surface area contributed by atoms with E-state index in [4.69, 9.17) is 5.73 Å². The highest BCUT2D eigenvalue weighted by Crippen LogP contribution is 2.39. The average Bonchev–Trinajstić information content (AvgIpc) is 2.65. The number of nitrogens with two attached hydrogens (primary N) is 1. The molecule has 3 atom stereocenters. The van der Waals surface area contributed by atoms with Gasteiger partial charge in [0.2, 0.25) is 0 Å². The van der Waals surface area contributed by atoms with E-state index in [0.717, 1.165) is 18.5 Å². The fourth-order valence-corrected chi connectivity index (χ4v) is 4.38. The van der Waals surface area contributed by atoms with Crippen LogP contribution in [0, 0.1) is 19.8 Å². The molecule has 0 aromatic heterocycles. The van der Waals surface area contributed by atoms with Crippen LogP contribution in [-0.2, 0) is 6.42 Å². The van der Waals surface area contributed by atoms with Crippen LogP contribution in [0.1, 0.15) is 42.4 Å². The van der Waals surface area contributed by atoms with Crippen molar-refractivity contribution in [2.45, 2.75) is 64.1 Å². The van der Waals surface area contributed by atoms with Crippen molar-refractivity contribution < 1.29 is 0 Å². The number of hydrogen-bond acceptors (Lipinski definition) is 2. The molecule has 2 heterocycles. The fourth-order valence-electron chi connectivity index (χ4n) is 4.38. The number of aryl methyl sites for hydroxylation is 2. The third-order valence-electron chi connectivity index (χ3n) is 5.82. The molecule has 2 saturated heterocycles. The lowest BCUT2D eigenvalue weighted by atomic mass is 9.82. The molecule has 1 aromatic rings. The van der Waals surface area contributed by atoms with E-state index in [1.807, 2.05) is 0 Å². The Balaban J connectivity index is 1.70. The van der Waals surface area contributed by atoms with Crippen LogP contribution in [-0.4, -0.2) is 30.1 Å². The Hall–Kier alpha value is -0.860. The Kier molecular flexibility index (Phi) is 3.87. The van der Waals surface area contributed by atoms with Crippen molar-refractivity contribution >= 4 is 0 Å². The standard InChI is InChI=1S/C18H28N2/c1-12-5-4-6-13(2)17(12)11-18(19)14-9-15-7-8-16(10-14)20(15)3/h4-6,14-16,18H,7-11,19H2,1-3H3. The van der Waals surface area contributed by atoms with Crippen molar-refractivity contribution in [2.24, 2.45) is 11.7 Å². The number of benzene rings is 1. The van der Waals surface area contributed by atoms with Crippen LogP contribution in [0.5, 0.6) is 0 Å². The summed E-state index contributed by atoms with van der Waals surface area (Å²) in [6.45, 7) is 4.43. The molecule has 0 radical (unpaired) electrons. The van der Waals surface area contributed by atoms with Gasteiger partial charge in [-0.05, 0) is 75.6 Å². The number of fused-ring (bicyclic) bond motifs is 2. The van der Waals surface area contributed by atoms with Crippen molar-refractivity contribution in [3.8, 4) is 0 Å². The lowest BCUT2D eigenvalue weighted by Crippen LogP contribution is -2.46. The normalized spacial score (nSPS) is 31.5. The minimum atomic E-state index is 0.326. The predicted octanol–water partition coefficient (Wildman–Crippen LogP) is 3.05. The molecule has 20 heavy (non-hydrogen) atoms. The molecule has 2 aliphatic rings. The zero-order chi connectivity index (χ0) is 14.3. The molecule has 0 amide bonds. The Labute approximate surface area is 123 Å². The van der Waals surface area contributed by atoms with Crippen molar-refractivity contribution in [3.05, 3.63) is 34.9 Å². The largest absolute Gasteiger partial charge is 0.327 e. The highest BCUT2D eigenvalue weighted by molar-refractivity contribution is 5.34. The second-order valence-corrected chi connectivity index (χ2v) is 7.02. The molecule has 3 unspecified atom stereocenters. The summed E-state index contributed by atoms with van der Waals surface area (Å²) in [5.41, 5.74) is 10.9. The molecule has 0 aliphatic carbocycles. The summed E-state index contributed by atoms with van der Waals surface area (Å²) >= 11 is 0. The molecule has 2 heteroatoms. The van der Waals surface area contributed by atoms with Gasteiger partial charge in [0.05, 0.1) is 0 Å². The van der Waals surface area contributed by atoms with Gasteiger partial charge in [-0.2, -0.15) is 0 Å². The van der Waals surface area contributed by atoms with Crippen LogP contribution in [0.15, 0.2) is 18.2 Å². The number of piperidine rings is 1. The zero-order valence-corrected chi connectivity index (χ0v) is 13.1. The summed E-state index contributed by atoms with van der Waals surface area (Å²) in [5.74, 6) is 0.711. The Morgan fingerprint density at radius 2 is 1.70 bits per heavy atom. The molecule has 1 aromatic carbocycles. The maximum Gasteiger partial charge on any atom is 0.0109 e. The minimum absolute atomic E-state index is 0.326. The molecule has 3 rings (SSSR count). The molecule has 110 valence electrons. The van der Waals surface area contributed by atoms with Gasteiger partial charge in [0.15, 0.2) is 0 Å². The number of rotatable bonds is 3. The summed E-state index contributed by atoms with van der Waals surface area (Å²) in [6, 6.07) is 8.49. The smallest absolute Gasteiger partial charge is 0.0109 e. The Bertz CT molecular complexity index is 448. The second kappa shape index (κ2) is 5.50.